The molecule has 1 fully saturated rings. The molecule has 0 amide bonds. The maximum Gasteiger partial charge on any atom is 0.338 e. The zero-order valence-electron chi connectivity index (χ0n) is 16.9. The molecule has 3 rings (SSSR count). The summed E-state index contributed by atoms with van der Waals surface area (Å²) in [5, 5.41) is 10.5. The second-order valence-corrected chi connectivity index (χ2v) is 9.44. The maximum absolute atomic E-state index is 12.7. The summed E-state index contributed by atoms with van der Waals surface area (Å²) >= 11 is 1.92. The van der Waals surface area contributed by atoms with E-state index in [1.165, 1.54) is 24.3 Å². The number of esters is 2. The van der Waals surface area contributed by atoms with Crippen molar-refractivity contribution in [1.29, 1.82) is 0 Å². The smallest absolute Gasteiger partial charge is 0.338 e. The van der Waals surface area contributed by atoms with Gasteiger partial charge >= 0.3 is 11.9 Å². The highest BCUT2D eigenvalue weighted by Crippen LogP contribution is 2.30. The molecule has 0 radical (unpaired) electrons. The number of aliphatic hydroxyl groups excluding tert-OH is 1. The van der Waals surface area contributed by atoms with Crippen molar-refractivity contribution in [2.45, 2.75) is 30.7 Å². The Hall–Kier alpha value is -2.06. The van der Waals surface area contributed by atoms with Gasteiger partial charge < -0.3 is 19.3 Å². The largest absolute Gasteiger partial charge is 0.452 e. The lowest BCUT2D eigenvalue weighted by atomic mass is 9.99. The summed E-state index contributed by atoms with van der Waals surface area (Å²) < 4.78 is 45.6. The number of halogens is 1. The van der Waals surface area contributed by atoms with Crippen molar-refractivity contribution in [3.05, 3.63) is 71.8 Å². The highest BCUT2D eigenvalue weighted by Gasteiger charge is 2.51. The van der Waals surface area contributed by atoms with E-state index < -0.39 is 52.8 Å². The van der Waals surface area contributed by atoms with Gasteiger partial charge in [-0.25, -0.2) is 9.59 Å². The van der Waals surface area contributed by atoms with Crippen molar-refractivity contribution in [2.75, 3.05) is 10.7 Å². The Morgan fingerprint density at radius 3 is 1.81 bits per heavy atom. The fourth-order valence-electron chi connectivity index (χ4n) is 3.13. The molecule has 1 heterocycles. The Labute approximate surface area is 198 Å². The van der Waals surface area contributed by atoms with Crippen molar-refractivity contribution in [2.24, 2.45) is 0 Å². The SMILES string of the molecule is CS(=O)(=O)OC1C(CI)OC(O)C(OC(=O)c2ccccc2)C1OC(=O)c1ccccc1. The van der Waals surface area contributed by atoms with Gasteiger partial charge in [0.25, 0.3) is 10.1 Å². The molecule has 11 heteroatoms. The first-order valence-corrected chi connectivity index (χ1v) is 12.8. The van der Waals surface area contributed by atoms with Crippen LogP contribution >= 0.6 is 22.6 Å². The van der Waals surface area contributed by atoms with Gasteiger partial charge in [-0.1, -0.05) is 59.0 Å². The van der Waals surface area contributed by atoms with Crippen molar-refractivity contribution in [1.82, 2.24) is 0 Å². The molecule has 0 aliphatic carbocycles. The van der Waals surface area contributed by atoms with Crippen LogP contribution in [0.5, 0.6) is 0 Å². The second kappa shape index (κ2) is 10.7. The molecule has 0 saturated carbocycles. The molecule has 2 aromatic carbocycles. The normalized spacial score (nSPS) is 25.7. The van der Waals surface area contributed by atoms with E-state index in [4.69, 9.17) is 18.4 Å². The van der Waals surface area contributed by atoms with Crippen LogP contribution in [0, 0.1) is 0 Å². The summed E-state index contributed by atoms with van der Waals surface area (Å²) in [5.41, 5.74) is 0.371. The van der Waals surface area contributed by atoms with E-state index in [0.717, 1.165) is 6.26 Å². The highest BCUT2D eigenvalue weighted by molar-refractivity contribution is 14.1. The number of carbonyl (C=O) groups is 2. The summed E-state index contributed by atoms with van der Waals surface area (Å²) in [4.78, 5) is 25.3. The predicted molar refractivity (Wildman–Crippen MR) is 121 cm³/mol. The number of hydrogen-bond acceptors (Lipinski definition) is 9. The lowest BCUT2D eigenvalue weighted by Crippen LogP contribution is -2.61. The van der Waals surface area contributed by atoms with E-state index in [1.54, 1.807) is 36.4 Å². The minimum absolute atomic E-state index is 0.185. The van der Waals surface area contributed by atoms with Gasteiger partial charge in [-0.3, -0.25) is 4.18 Å². The Balaban J connectivity index is 1.95. The van der Waals surface area contributed by atoms with Crippen LogP contribution in [0.25, 0.3) is 0 Å². The first kappa shape index (κ1) is 24.6. The number of carbonyl (C=O) groups excluding carboxylic acids is 2. The molecule has 1 aliphatic heterocycles. The third kappa shape index (κ3) is 6.25. The fourth-order valence-corrected chi connectivity index (χ4v) is 4.47. The van der Waals surface area contributed by atoms with Crippen LogP contribution in [0.3, 0.4) is 0 Å². The number of ether oxygens (including phenoxy) is 3. The molecule has 1 saturated heterocycles. The lowest BCUT2D eigenvalue weighted by Gasteiger charge is -2.42. The second-order valence-electron chi connectivity index (χ2n) is 6.96. The zero-order chi connectivity index (χ0) is 23.3. The molecule has 1 N–H and O–H groups in total. The van der Waals surface area contributed by atoms with Gasteiger partial charge in [-0.15, -0.1) is 0 Å². The summed E-state index contributed by atoms with van der Waals surface area (Å²) in [6, 6.07) is 15.9. The molecule has 1 aliphatic rings. The van der Waals surface area contributed by atoms with Gasteiger partial charge in [0.2, 0.25) is 0 Å². The topological polar surface area (TPSA) is 125 Å². The standard InChI is InChI=1S/C21H21IO9S/c1-32(26,27)31-16-15(12-22)28-21(25)18(30-20(24)14-10-6-3-7-11-14)17(16)29-19(23)13-8-4-2-5-9-13/h2-11,15-18,21,25H,12H2,1H3. The first-order valence-electron chi connectivity index (χ1n) is 9.49. The zero-order valence-corrected chi connectivity index (χ0v) is 19.8. The minimum Gasteiger partial charge on any atom is -0.452 e. The summed E-state index contributed by atoms with van der Waals surface area (Å²) in [7, 11) is -4.02. The number of alkyl halides is 1. The molecular formula is C21H21IO9S. The predicted octanol–water partition coefficient (Wildman–Crippen LogP) is 1.93. The van der Waals surface area contributed by atoms with E-state index in [1.807, 2.05) is 22.6 Å². The molecule has 2 aromatic rings. The van der Waals surface area contributed by atoms with Crippen molar-refractivity contribution >= 4 is 44.6 Å². The third-order valence-electron chi connectivity index (χ3n) is 4.55. The molecular weight excluding hydrogens is 555 g/mol. The molecule has 9 nitrogen and oxygen atoms in total. The average molecular weight is 576 g/mol. The third-order valence-corrected chi connectivity index (χ3v) is 5.99. The Kier molecular flexibility index (Phi) is 8.22. The van der Waals surface area contributed by atoms with Gasteiger partial charge in [0.15, 0.2) is 18.5 Å². The van der Waals surface area contributed by atoms with Gasteiger partial charge in [0.05, 0.1) is 17.4 Å². The van der Waals surface area contributed by atoms with Crippen LogP contribution in [0.1, 0.15) is 20.7 Å². The first-order chi connectivity index (χ1) is 15.2. The monoisotopic (exact) mass is 576 g/mol. The quantitative estimate of drug-likeness (QED) is 0.228. The Morgan fingerprint density at radius 2 is 1.38 bits per heavy atom. The molecule has 0 aromatic heterocycles. The van der Waals surface area contributed by atoms with E-state index in [-0.39, 0.29) is 15.6 Å². The number of rotatable bonds is 7. The summed E-state index contributed by atoms with van der Waals surface area (Å²) in [6.45, 7) is 0. The van der Waals surface area contributed by atoms with Crippen LogP contribution in [0.4, 0.5) is 0 Å². The van der Waals surface area contributed by atoms with Gasteiger partial charge in [-0.2, -0.15) is 8.42 Å². The van der Waals surface area contributed by atoms with E-state index in [9.17, 15) is 23.1 Å². The lowest BCUT2D eigenvalue weighted by molar-refractivity contribution is -0.269. The van der Waals surface area contributed by atoms with E-state index in [0.29, 0.717) is 0 Å². The van der Waals surface area contributed by atoms with Crippen LogP contribution in [-0.4, -0.2) is 66.9 Å². The van der Waals surface area contributed by atoms with Gasteiger partial charge in [-0.05, 0) is 24.3 Å². The summed E-state index contributed by atoms with van der Waals surface area (Å²) in [6.07, 6.45) is -6.17. The van der Waals surface area contributed by atoms with Gasteiger partial charge in [0.1, 0.15) is 12.2 Å². The molecule has 0 spiro atoms. The van der Waals surface area contributed by atoms with Crippen LogP contribution < -0.4 is 0 Å². The van der Waals surface area contributed by atoms with Crippen LogP contribution in [-0.2, 0) is 28.5 Å². The average Bonchev–Trinajstić information content (AvgIpc) is 2.77. The Bertz CT molecular complexity index is 1030. The highest BCUT2D eigenvalue weighted by atomic mass is 127. The van der Waals surface area contributed by atoms with Crippen LogP contribution in [0.2, 0.25) is 0 Å². The minimum atomic E-state index is -4.02. The maximum atomic E-state index is 12.7. The summed E-state index contributed by atoms with van der Waals surface area (Å²) in [5.74, 6) is -1.62. The van der Waals surface area contributed by atoms with Crippen molar-refractivity contribution in [3.63, 3.8) is 0 Å². The van der Waals surface area contributed by atoms with Gasteiger partial charge in [0, 0.05) is 4.43 Å². The van der Waals surface area contributed by atoms with Crippen LogP contribution in [0.15, 0.2) is 60.7 Å². The molecule has 172 valence electrons. The number of aliphatic hydroxyl groups is 1. The van der Waals surface area contributed by atoms with E-state index in [2.05, 4.69) is 0 Å². The molecule has 5 unspecified atom stereocenters. The molecule has 0 bridgehead atoms. The fraction of sp³-hybridized carbons (Fsp3) is 0.333. The number of benzene rings is 2. The number of hydrogen-bond donors (Lipinski definition) is 1. The van der Waals surface area contributed by atoms with Crippen molar-refractivity contribution in [3.8, 4) is 0 Å². The molecule has 5 atom stereocenters. The molecule has 32 heavy (non-hydrogen) atoms. The van der Waals surface area contributed by atoms with Crippen molar-refractivity contribution < 1.29 is 41.5 Å². The van der Waals surface area contributed by atoms with E-state index >= 15 is 0 Å². The Morgan fingerprint density at radius 1 is 0.906 bits per heavy atom.